The summed E-state index contributed by atoms with van der Waals surface area (Å²) in [6.07, 6.45) is 0. The van der Waals surface area contributed by atoms with Crippen molar-refractivity contribution in [2.24, 2.45) is 0 Å². The first-order valence-electron chi connectivity index (χ1n) is 2.16. The van der Waals surface area contributed by atoms with E-state index in [1.807, 2.05) is 0 Å². The molecule has 0 aromatic heterocycles. The molecular formula is H4O9S3. The van der Waals surface area contributed by atoms with Crippen molar-refractivity contribution in [3.8, 4) is 0 Å². The van der Waals surface area contributed by atoms with Gasteiger partial charge in [-0.3, -0.25) is 9.11 Å². The van der Waals surface area contributed by atoms with Crippen LogP contribution in [0.2, 0.25) is 0 Å². The van der Waals surface area contributed by atoms with Gasteiger partial charge in [0.1, 0.15) is 0 Å². The van der Waals surface area contributed by atoms with Gasteiger partial charge in [0.15, 0.2) is 0 Å². The van der Waals surface area contributed by atoms with E-state index < -0.39 is 31.9 Å². The summed E-state index contributed by atoms with van der Waals surface area (Å²) in [5.41, 5.74) is 0. The molecule has 1 fully saturated rings. The maximum atomic E-state index is 10.4. The second-order valence-electron chi connectivity index (χ2n) is 1.58. The molecule has 0 radical (unpaired) electrons. The molecule has 1 saturated heterocycles. The normalized spacial score (nSPS) is 36.5. The molecule has 0 aromatic rings. The molecule has 0 bridgehead atoms. The van der Waals surface area contributed by atoms with E-state index >= 15 is 0 Å². The third kappa shape index (κ3) is 2.53. The van der Waals surface area contributed by atoms with Crippen molar-refractivity contribution in [1.29, 1.82) is 0 Å². The molecule has 0 amide bonds. The lowest BCUT2D eigenvalue weighted by atomic mass is 15.7. The topological polar surface area (TPSA) is 136 Å². The first kappa shape index (κ1) is 10.1. The van der Waals surface area contributed by atoms with Gasteiger partial charge in [0.05, 0.1) is 0 Å². The Bertz CT molecular complexity index is 341. The van der Waals surface area contributed by atoms with Gasteiger partial charge < -0.3 is 0 Å². The highest BCUT2D eigenvalue weighted by Gasteiger charge is 2.39. The van der Waals surface area contributed by atoms with E-state index in [-0.39, 0.29) is 0 Å². The van der Waals surface area contributed by atoms with Crippen LogP contribution in [0.1, 0.15) is 0 Å². The zero-order valence-corrected chi connectivity index (χ0v) is 7.66. The zero-order valence-electron chi connectivity index (χ0n) is 5.05. The van der Waals surface area contributed by atoms with Gasteiger partial charge in [-0.1, -0.05) is 0 Å². The Labute approximate surface area is 69.3 Å². The highest BCUT2D eigenvalue weighted by atomic mass is 32.4. The van der Waals surface area contributed by atoms with Gasteiger partial charge in [-0.2, -0.15) is 12.0 Å². The number of hydrogen-bond acceptors (Lipinski definition) is 7. The van der Waals surface area contributed by atoms with Crippen molar-refractivity contribution >= 4 is 31.9 Å². The molecule has 2 N–H and O–H groups in total. The molecule has 12 heavy (non-hydrogen) atoms. The maximum absolute atomic E-state index is 10.4. The molecule has 0 saturated carbocycles. The Balaban J connectivity index is 3.14. The molecule has 1 aliphatic heterocycles. The quantitative estimate of drug-likeness (QED) is 0.354. The van der Waals surface area contributed by atoms with Gasteiger partial charge in [0, 0.05) is 0 Å². The van der Waals surface area contributed by atoms with Crippen LogP contribution < -0.4 is 0 Å². The minimum absolute atomic E-state index is 3.30. The Morgan fingerprint density at radius 1 is 1.00 bits per heavy atom. The second-order valence-corrected chi connectivity index (χ2v) is 6.11. The van der Waals surface area contributed by atoms with E-state index in [0.717, 1.165) is 0 Å². The van der Waals surface area contributed by atoms with Gasteiger partial charge in [-0.15, -0.1) is 7.26 Å². The van der Waals surface area contributed by atoms with Gasteiger partial charge in [-0.25, -0.2) is 8.42 Å². The van der Waals surface area contributed by atoms with Crippen LogP contribution in [0.4, 0.5) is 0 Å². The van der Waals surface area contributed by atoms with Crippen molar-refractivity contribution in [1.82, 2.24) is 0 Å². The average Bonchev–Trinajstić information content (AvgIpc) is 1.44. The molecule has 9 nitrogen and oxygen atoms in total. The summed E-state index contributed by atoms with van der Waals surface area (Å²) in [6.45, 7) is 0. The summed E-state index contributed by atoms with van der Waals surface area (Å²) in [6, 6.07) is 0. The zero-order chi connectivity index (χ0) is 9.62. The van der Waals surface area contributed by atoms with E-state index in [2.05, 4.69) is 10.9 Å². The molecule has 1 aliphatic rings. The lowest BCUT2D eigenvalue weighted by Crippen LogP contribution is -2.38. The first-order chi connectivity index (χ1) is 5.12. The molecule has 1 heterocycles. The monoisotopic (exact) mass is 244 g/mol. The summed E-state index contributed by atoms with van der Waals surface area (Å²) < 4.78 is 68.1. The summed E-state index contributed by atoms with van der Waals surface area (Å²) in [5, 5.41) is 0. The van der Waals surface area contributed by atoms with Crippen LogP contribution in [0.25, 0.3) is 0 Å². The summed E-state index contributed by atoms with van der Waals surface area (Å²) in [4.78, 5) is 0. The highest BCUT2D eigenvalue weighted by molar-refractivity contribution is 8.12. The molecule has 76 valence electrons. The fraction of sp³-hybridized carbons (Fsp3) is 0. The van der Waals surface area contributed by atoms with Gasteiger partial charge in [0.25, 0.3) is 0 Å². The van der Waals surface area contributed by atoms with E-state index in [1.165, 1.54) is 0 Å². The summed E-state index contributed by atoms with van der Waals surface area (Å²) >= 11 is 0. The van der Waals surface area contributed by atoms with Crippen molar-refractivity contribution in [2.75, 3.05) is 0 Å². The molecule has 1 rings (SSSR count). The van der Waals surface area contributed by atoms with E-state index in [1.54, 1.807) is 0 Å². The molecule has 0 aromatic carbocycles. The molecule has 0 atom stereocenters. The molecular weight excluding hydrogens is 240 g/mol. The van der Waals surface area contributed by atoms with Crippen LogP contribution in [0.3, 0.4) is 0 Å². The smallest absolute Gasteiger partial charge is 0.289 e. The maximum Gasteiger partial charge on any atom is 0.429 e. The minimum atomic E-state index is -5.06. The lowest BCUT2D eigenvalue weighted by molar-refractivity contribution is 0.243. The average molecular weight is 244 g/mol. The molecule has 0 aliphatic carbocycles. The van der Waals surface area contributed by atoms with Crippen molar-refractivity contribution in [2.45, 2.75) is 0 Å². The molecule has 0 spiro atoms. The summed E-state index contributed by atoms with van der Waals surface area (Å²) in [7, 11) is -15.1. The third-order valence-electron chi connectivity index (χ3n) is 0.577. The fourth-order valence-electron chi connectivity index (χ4n) is 0.402. The number of hydrogen-bond donors (Lipinski definition) is 4. The van der Waals surface area contributed by atoms with Gasteiger partial charge >= 0.3 is 10.4 Å². The van der Waals surface area contributed by atoms with Gasteiger partial charge in [0.2, 0.25) is 21.6 Å². The van der Waals surface area contributed by atoms with Crippen molar-refractivity contribution in [3.05, 3.63) is 0 Å². The summed E-state index contributed by atoms with van der Waals surface area (Å²) in [5.74, 6) is 0. The highest BCUT2D eigenvalue weighted by Crippen LogP contribution is 2.26. The van der Waals surface area contributed by atoms with Crippen LogP contribution in [-0.2, 0) is 42.8 Å². The van der Waals surface area contributed by atoms with Crippen LogP contribution in [0.5, 0.6) is 0 Å². The van der Waals surface area contributed by atoms with Crippen LogP contribution in [0, 0.1) is 0 Å². The Morgan fingerprint density at radius 3 is 1.58 bits per heavy atom. The third-order valence-corrected chi connectivity index (χ3v) is 5.20. The minimum Gasteiger partial charge on any atom is -0.289 e. The predicted molar refractivity (Wildman–Crippen MR) is 36.5 cm³/mol. The predicted octanol–water partition coefficient (Wildman–Crippen LogP) is -2.07. The Morgan fingerprint density at radius 2 is 1.33 bits per heavy atom. The van der Waals surface area contributed by atoms with Crippen LogP contribution >= 0.6 is 0 Å². The second kappa shape index (κ2) is 2.52. The van der Waals surface area contributed by atoms with Crippen molar-refractivity contribution in [3.63, 3.8) is 0 Å². The van der Waals surface area contributed by atoms with E-state index in [0.29, 0.717) is 0 Å². The first-order valence-corrected chi connectivity index (χ1v) is 6.49. The fourth-order valence-corrected chi connectivity index (χ4v) is 4.35. The number of rotatable bonds is 0. The van der Waals surface area contributed by atoms with Crippen LogP contribution in [-0.4, -0.2) is 25.9 Å². The largest absolute Gasteiger partial charge is 0.429 e. The van der Waals surface area contributed by atoms with E-state index in [9.17, 15) is 16.8 Å². The molecule has 0 unspecified atom stereocenters. The number of thiol groups is 2. The Kier molecular flexibility index (Phi) is 2.13. The van der Waals surface area contributed by atoms with Crippen molar-refractivity contribution < 1.29 is 36.8 Å². The Hall–Kier alpha value is 0.0500. The van der Waals surface area contributed by atoms with Gasteiger partial charge in [-0.05, 0) is 0 Å². The lowest BCUT2D eigenvalue weighted by Gasteiger charge is -2.27. The van der Waals surface area contributed by atoms with Crippen LogP contribution in [0.15, 0.2) is 0 Å². The van der Waals surface area contributed by atoms with E-state index in [4.69, 9.17) is 9.11 Å². The molecule has 12 heteroatoms. The SMILES string of the molecule is O=S1(=O)O[SH](=O)(O)O[SH](=O)(O)O1. The standard InChI is InChI=1S/H4O9S3/c1-10(2)7-11(3,4)9-12(5,6)8-10/h10-11H,(H,1,2)(H,3,4).